The van der Waals surface area contributed by atoms with Crippen LogP contribution in [0.15, 0.2) is 12.7 Å². The molecule has 4 rings (SSSR count). The standard InChI is InChI=1S/C20H30O5/c1-5-15(21)17(24-16(22)6-2)25-18(23)20-9-13-7-14(10-20)12(3)19(4,8-13)11-20/h6,12-15,17,21H,2,5,7-11H2,1,3-4H3. The van der Waals surface area contributed by atoms with Crippen LogP contribution in [-0.4, -0.2) is 29.4 Å². The number of hydrogen-bond donors (Lipinski definition) is 1. The SMILES string of the molecule is C=CC(=O)OC(OC(=O)C12CC3CC(C1)C(C)C(C)(C3)C2)C(O)CC. The van der Waals surface area contributed by atoms with Gasteiger partial charge in [-0.2, -0.15) is 0 Å². The van der Waals surface area contributed by atoms with E-state index in [1.165, 1.54) is 12.8 Å². The summed E-state index contributed by atoms with van der Waals surface area (Å²) in [5.41, 5.74) is -0.306. The molecular weight excluding hydrogens is 320 g/mol. The maximum atomic E-state index is 13.1. The monoisotopic (exact) mass is 350 g/mol. The lowest BCUT2D eigenvalue weighted by Gasteiger charge is -2.63. The molecule has 140 valence electrons. The molecule has 0 aromatic carbocycles. The summed E-state index contributed by atoms with van der Waals surface area (Å²) in [5, 5.41) is 10.1. The van der Waals surface area contributed by atoms with Crippen LogP contribution in [0, 0.1) is 28.6 Å². The normalized spacial score (nSPS) is 41.0. The number of aliphatic hydroxyl groups excluding tert-OH is 1. The third-order valence-corrected chi connectivity index (χ3v) is 7.06. The number of esters is 2. The van der Waals surface area contributed by atoms with Crippen LogP contribution in [0.1, 0.15) is 59.3 Å². The van der Waals surface area contributed by atoms with Crippen molar-refractivity contribution in [1.29, 1.82) is 0 Å². The minimum Gasteiger partial charge on any atom is -0.422 e. The van der Waals surface area contributed by atoms with E-state index in [1.807, 2.05) is 0 Å². The number of ether oxygens (including phenoxy) is 2. The molecule has 7 unspecified atom stereocenters. The van der Waals surface area contributed by atoms with Crippen molar-refractivity contribution in [2.24, 2.45) is 28.6 Å². The van der Waals surface area contributed by atoms with Gasteiger partial charge in [-0.15, -0.1) is 0 Å². The zero-order chi connectivity index (χ0) is 18.4. The van der Waals surface area contributed by atoms with Crippen molar-refractivity contribution in [3.8, 4) is 0 Å². The summed E-state index contributed by atoms with van der Waals surface area (Å²) in [7, 11) is 0. The molecule has 1 N–H and O–H groups in total. The van der Waals surface area contributed by atoms with Gasteiger partial charge in [0.15, 0.2) is 0 Å². The predicted molar refractivity (Wildman–Crippen MR) is 92.2 cm³/mol. The van der Waals surface area contributed by atoms with Gasteiger partial charge in [0.2, 0.25) is 0 Å². The number of carbonyl (C=O) groups excluding carboxylic acids is 2. The fourth-order valence-corrected chi connectivity index (χ4v) is 5.84. The molecule has 0 spiro atoms. The van der Waals surface area contributed by atoms with Crippen LogP contribution in [0.5, 0.6) is 0 Å². The lowest BCUT2D eigenvalue weighted by Crippen LogP contribution is -2.58. The van der Waals surface area contributed by atoms with Gasteiger partial charge in [-0.1, -0.05) is 27.4 Å². The average Bonchev–Trinajstić information content (AvgIpc) is 2.57. The van der Waals surface area contributed by atoms with Crippen molar-refractivity contribution in [2.75, 3.05) is 0 Å². The molecule has 4 saturated carbocycles. The summed E-state index contributed by atoms with van der Waals surface area (Å²) in [6.07, 6.45) is 3.98. The summed E-state index contributed by atoms with van der Waals surface area (Å²) in [5.74, 6) is 0.752. The Morgan fingerprint density at radius 2 is 2.04 bits per heavy atom. The van der Waals surface area contributed by atoms with Gasteiger partial charge in [-0.05, 0) is 61.7 Å². The van der Waals surface area contributed by atoms with E-state index in [9.17, 15) is 14.7 Å². The van der Waals surface area contributed by atoms with E-state index in [-0.39, 0.29) is 11.4 Å². The van der Waals surface area contributed by atoms with Crippen LogP contribution in [0.4, 0.5) is 0 Å². The lowest BCUT2D eigenvalue weighted by atomic mass is 9.41. The van der Waals surface area contributed by atoms with Gasteiger partial charge < -0.3 is 14.6 Å². The first-order chi connectivity index (χ1) is 11.7. The molecule has 0 aromatic heterocycles. The second-order valence-corrected chi connectivity index (χ2v) is 8.76. The Morgan fingerprint density at radius 1 is 1.32 bits per heavy atom. The highest BCUT2D eigenvalue weighted by Gasteiger charge is 2.62. The second-order valence-electron chi connectivity index (χ2n) is 8.76. The molecule has 25 heavy (non-hydrogen) atoms. The van der Waals surface area contributed by atoms with E-state index in [0.717, 1.165) is 25.3 Å². The number of carbonyl (C=O) groups is 2. The summed E-state index contributed by atoms with van der Waals surface area (Å²) < 4.78 is 10.6. The molecule has 5 heteroatoms. The van der Waals surface area contributed by atoms with Crippen LogP contribution in [-0.2, 0) is 19.1 Å². The third-order valence-electron chi connectivity index (χ3n) is 7.06. The van der Waals surface area contributed by atoms with Crippen molar-refractivity contribution < 1.29 is 24.2 Å². The van der Waals surface area contributed by atoms with Gasteiger partial charge in [-0.3, -0.25) is 4.79 Å². The molecule has 4 bridgehead atoms. The molecule has 0 saturated heterocycles. The van der Waals surface area contributed by atoms with Gasteiger partial charge in [-0.25, -0.2) is 4.79 Å². The van der Waals surface area contributed by atoms with E-state index in [0.29, 0.717) is 24.2 Å². The maximum absolute atomic E-state index is 13.1. The zero-order valence-electron chi connectivity index (χ0n) is 15.5. The van der Waals surface area contributed by atoms with E-state index in [1.54, 1.807) is 6.92 Å². The molecule has 4 aliphatic carbocycles. The minimum atomic E-state index is -1.26. The molecule has 7 atom stereocenters. The first kappa shape index (κ1) is 18.4. The molecule has 5 nitrogen and oxygen atoms in total. The highest BCUT2D eigenvalue weighted by molar-refractivity contribution is 5.82. The van der Waals surface area contributed by atoms with Crippen LogP contribution in [0.3, 0.4) is 0 Å². The average molecular weight is 350 g/mol. The largest absolute Gasteiger partial charge is 0.422 e. The van der Waals surface area contributed by atoms with Crippen LogP contribution >= 0.6 is 0 Å². The Morgan fingerprint density at radius 3 is 2.64 bits per heavy atom. The molecule has 0 heterocycles. The Bertz CT molecular complexity index is 572. The molecule has 4 aliphatic rings. The van der Waals surface area contributed by atoms with Gasteiger partial charge in [0.05, 0.1) is 5.41 Å². The van der Waals surface area contributed by atoms with E-state index in [2.05, 4.69) is 20.4 Å². The van der Waals surface area contributed by atoms with E-state index >= 15 is 0 Å². The quantitative estimate of drug-likeness (QED) is 0.452. The Labute approximate surface area is 149 Å². The molecule has 0 amide bonds. The van der Waals surface area contributed by atoms with E-state index in [4.69, 9.17) is 9.47 Å². The topological polar surface area (TPSA) is 72.8 Å². The first-order valence-electron chi connectivity index (χ1n) is 9.45. The molecule has 4 fully saturated rings. The van der Waals surface area contributed by atoms with Crippen molar-refractivity contribution >= 4 is 11.9 Å². The van der Waals surface area contributed by atoms with Crippen LogP contribution < -0.4 is 0 Å². The predicted octanol–water partition coefficient (Wildman–Crippen LogP) is 3.21. The molecule has 0 aliphatic heterocycles. The van der Waals surface area contributed by atoms with Crippen molar-refractivity contribution in [3.63, 3.8) is 0 Å². The van der Waals surface area contributed by atoms with Crippen molar-refractivity contribution in [2.45, 2.75) is 71.7 Å². The van der Waals surface area contributed by atoms with Crippen LogP contribution in [0.25, 0.3) is 0 Å². The highest BCUT2D eigenvalue weighted by atomic mass is 16.7. The van der Waals surface area contributed by atoms with Crippen molar-refractivity contribution in [1.82, 2.24) is 0 Å². The fraction of sp³-hybridized carbons (Fsp3) is 0.800. The Hall–Kier alpha value is -1.36. The smallest absolute Gasteiger partial charge is 0.333 e. The van der Waals surface area contributed by atoms with E-state index < -0.39 is 23.8 Å². The third kappa shape index (κ3) is 3.12. The Kier molecular flexibility index (Phi) is 4.73. The fourth-order valence-electron chi connectivity index (χ4n) is 5.84. The van der Waals surface area contributed by atoms with Gasteiger partial charge in [0.25, 0.3) is 6.29 Å². The highest BCUT2D eigenvalue weighted by Crippen LogP contribution is 2.67. The minimum absolute atomic E-state index is 0.180. The summed E-state index contributed by atoms with van der Waals surface area (Å²) in [6, 6.07) is 0. The zero-order valence-corrected chi connectivity index (χ0v) is 15.5. The molecule has 0 aromatic rings. The van der Waals surface area contributed by atoms with Crippen LogP contribution in [0.2, 0.25) is 0 Å². The summed E-state index contributed by atoms with van der Waals surface area (Å²) in [4.78, 5) is 24.6. The summed E-state index contributed by atoms with van der Waals surface area (Å²) >= 11 is 0. The Balaban J connectivity index is 1.77. The van der Waals surface area contributed by atoms with Gasteiger partial charge >= 0.3 is 11.9 Å². The molecular formula is C20H30O5. The first-order valence-corrected chi connectivity index (χ1v) is 9.45. The number of hydrogen-bond acceptors (Lipinski definition) is 5. The second kappa shape index (κ2) is 6.42. The van der Waals surface area contributed by atoms with Gasteiger partial charge in [0, 0.05) is 6.08 Å². The van der Waals surface area contributed by atoms with Gasteiger partial charge in [0.1, 0.15) is 6.10 Å². The number of rotatable bonds is 6. The maximum Gasteiger partial charge on any atom is 0.333 e. The summed E-state index contributed by atoms with van der Waals surface area (Å²) in [6.45, 7) is 9.72. The number of aliphatic hydroxyl groups is 1. The molecule has 0 radical (unpaired) electrons. The van der Waals surface area contributed by atoms with Crippen molar-refractivity contribution in [3.05, 3.63) is 12.7 Å². The lowest BCUT2D eigenvalue weighted by molar-refractivity contribution is -0.226.